The molecule has 0 radical (unpaired) electrons. The summed E-state index contributed by atoms with van der Waals surface area (Å²) in [7, 11) is 2.09. The van der Waals surface area contributed by atoms with E-state index < -0.39 is 0 Å². The lowest BCUT2D eigenvalue weighted by Crippen LogP contribution is -2.12. The summed E-state index contributed by atoms with van der Waals surface area (Å²) in [6, 6.07) is 8.49. The summed E-state index contributed by atoms with van der Waals surface area (Å²) in [5, 5.41) is 3.54. The third kappa shape index (κ3) is 1.58. The Morgan fingerprint density at radius 3 is 2.92 bits per heavy atom. The fraction of sp³-hybridized carbons (Fsp3) is 0.200. The van der Waals surface area contributed by atoms with Gasteiger partial charge in [-0.2, -0.15) is 0 Å². The maximum atomic E-state index is 3.45. The molecule has 1 heterocycles. The molecule has 1 aromatic carbocycles. The van der Waals surface area contributed by atoms with Gasteiger partial charge in [-0.15, -0.1) is 11.3 Å². The van der Waals surface area contributed by atoms with E-state index in [0.717, 1.165) is 5.45 Å². The van der Waals surface area contributed by atoms with Crippen molar-refractivity contribution in [1.29, 1.82) is 0 Å². The van der Waals surface area contributed by atoms with Crippen molar-refractivity contribution < 1.29 is 0 Å². The van der Waals surface area contributed by atoms with Crippen molar-refractivity contribution >= 4 is 43.0 Å². The highest BCUT2D eigenvalue weighted by Crippen LogP contribution is 2.32. The summed E-state index contributed by atoms with van der Waals surface area (Å²) in [6.45, 7) is 0. The van der Waals surface area contributed by atoms with Crippen LogP contribution < -0.4 is 4.90 Å². The summed E-state index contributed by atoms with van der Waals surface area (Å²) in [5.41, 5.74) is 2.17. The first-order chi connectivity index (χ1) is 6.33. The van der Waals surface area contributed by atoms with Crippen LogP contribution in [0.5, 0.6) is 0 Å². The van der Waals surface area contributed by atoms with Gasteiger partial charge in [0, 0.05) is 22.5 Å². The average molecular weight is 256 g/mol. The molecule has 0 unspecified atom stereocenters. The number of rotatable bonds is 2. The number of benzene rings is 1. The molecule has 1 nitrogen and oxygen atoms in total. The Morgan fingerprint density at radius 1 is 1.38 bits per heavy atom. The second kappa shape index (κ2) is 3.68. The molecule has 0 atom stereocenters. The van der Waals surface area contributed by atoms with E-state index in [1.54, 1.807) is 11.3 Å². The molecule has 0 N–H and O–H groups in total. The highest BCUT2D eigenvalue weighted by Gasteiger charge is 2.05. The van der Waals surface area contributed by atoms with Crippen molar-refractivity contribution in [2.24, 2.45) is 0 Å². The van der Waals surface area contributed by atoms with E-state index in [0.29, 0.717) is 0 Å². The number of fused-ring (bicyclic) bond motifs is 1. The molecule has 0 amide bonds. The van der Waals surface area contributed by atoms with Gasteiger partial charge in [-0.25, -0.2) is 0 Å². The van der Waals surface area contributed by atoms with E-state index in [1.807, 2.05) is 0 Å². The number of anilines is 1. The van der Waals surface area contributed by atoms with Gasteiger partial charge >= 0.3 is 0 Å². The zero-order valence-corrected chi connectivity index (χ0v) is 9.73. The Morgan fingerprint density at radius 2 is 2.15 bits per heavy atom. The predicted octanol–water partition coefficient (Wildman–Crippen LogP) is 3.69. The summed E-state index contributed by atoms with van der Waals surface area (Å²) >= 11 is 5.25. The standard InChI is InChI=1S/C10H10BrNS/c1-12(7-11)9-6-13-10-5-3-2-4-8(9)10/h2-6H,7H2,1H3. The third-order valence-corrected chi connectivity index (χ3v) is 3.75. The fourth-order valence-electron chi connectivity index (χ4n) is 1.32. The van der Waals surface area contributed by atoms with E-state index in [-0.39, 0.29) is 0 Å². The van der Waals surface area contributed by atoms with Crippen molar-refractivity contribution in [3.63, 3.8) is 0 Å². The molecule has 1 aromatic heterocycles. The lowest BCUT2D eigenvalue weighted by molar-refractivity contribution is 1.12. The molecule has 0 saturated carbocycles. The van der Waals surface area contributed by atoms with E-state index in [2.05, 4.69) is 57.5 Å². The summed E-state index contributed by atoms with van der Waals surface area (Å²) < 4.78 is 1.35. The number of nitrogens with zero attached hydrogens (tertiary/aromatic N) is 1. The Labute approximate surface area is 90.1 Å². The molecule has 0 saturated heterocycles. The molecular formula is C10H10BrNS. The molecule has 0 aliphatic rings. The maximum Gasteiger partial charge on any atom is 0.0733 e. The van der Waals surface area contributed by atoms with Gasteiger partial charge in [0.05, 0.1) is 11.1 Å². The highest BCUT2D eigenvalue weighted by molar-refractivity contribution is 9.09. The van der Waals surface area contributed by atoms with Gasteiger partial charge in [0.25, 0.3) is 0 Å². The van der Waals surface area contributed by atoms with Crippen molar-refractivity contribution in [1.82, 2.24) is 0 Å². The predicted molar refractivity (Wildman–Crippen MR) is 64.0 cm³/mol. The van der Waals surface area contributed by atoms with Crippen LogP contribution in [0.1, 0.15) is 0 Å². The van der Waals surface area contributed by atoms with Gasteiger partial charge in [0.2, 0.25) is 0 Å². The maximum absolute atomic E-state index is 3.45. The molecule has 0 aliphatic carbocycles. The Balaban J connectivity index is 2.57. The minimum absolute atomic E-state index is 0.869. The van der Waals surface area contributed by atoms with E-state index in [9.17, 15) is 0 Å². The topological polar surface area (TPSA) is 3.24 Å². The zero-order chi connectivity index (χ0) is 9.26. The Bertz CT molecular complexity index is 410. The minimum Gasteiger partial charge on any atom is -0.363 e. The third-order valence-electron chi connectivity index (χ3n) is 2.05. The Kier molecular flexibility index (Phi) is 2.56. The number of halogens is 1. The highest BCUT2D eigenvalue weighted by atomic mass is 79.9. The molecule has 2 aromatic rings. The van der Waals surface area contributed by atoms with Crippen molar-refractivity contribution in [2.75, 3.05) is 17.4 Å². The molecule has 0 aliphatic heterocycles. The van der Waals surface area contributed by atoms with Gasteiger partial charge in [-0.05, 0) is 6.07 Å². The van der Waals surface area contributed by atoms with Crippen LogP contribution in [0.2, 0.25) is 0 Å². The van der Waals surface area contributed by atoms with Gasteiger partial charge in [0.15, 0.2) is 0 Å². The van der Waals surface area contributed by atoms with Crippen molar-refractivity contribution in [3.8, 4) is 0 Å². The van der Waals surface area contributed by atoms with Crippen LogP contribution in [0.3, 0.4) is 0 Å². The van der Waals surface area contributed by atoms with E-state index >= 15 is 0 Å². The summed E-state index contributed by atoms with van der Waals surface area (Å²) in [6.07, 6.45) is 0. The molecular weight excluding hydrogens is 246 g/mol. The lowest BCUT2D eigenvalue weighted by Gasteiger charge is -2.13. The smallest absolute Gasteiger partial charge is 0.0733 e. The number of alkyl halides is 1. The summed E-state index contributed by atoms with van der Waals surface area (Å²) in [5.74, 6) is 0. The second-order valence-corrected chi connectivity index (χ2v) is 4.35. The second-order valence-electron chi connectivity index (χ2n) is 2.93. The van der Waals surface area contributed by atoms with Crippen LogP contribution in [0.25, 0.3) is 10.1 Å². The van der Waals surface area contributed by atoms with Gasteiger partial charge in [-0.1, -0.05) is 34.1 Å². The molecule has 0 bridgehead atoms. The quantitative estimate of drug-likeness (QED) is 0.585. The summed E-state index contributed by atoms with van der Waals surface area (Å²) in [4.78, 5) is 2.19. The van der Waals surface area contributed by atoms with Crippen LogP contribution in [0.15, 0.2) is 29.6 Å². The minimum atomic E-state index is 0.869. The van der Waals surface area contributed by atoms with Crippen LogP contribution >= 0.6 is 27.3 Å². The molecule has 0 spiro atoms. The molecule has 2 rings (SSSR count). The number of thiophene rings is 1. The molecule has 13 heavy (non-hydrogen) atoms. The van der Waals surface area contributed by atoms with Gasteiger partial charge < -0.3 is 4.90 Å². The van der Waals surface area contributed by atoms with Crippen LogP contribution in [-0.4, -0.2) is 12.5 Å². The fourth-order valence-corrected chi connectivity index (χ4v) is 2.60. The van der Waals surface area contributed by atoms with Crippen LogP contribution in [0, 0.1) is 0 Å². The van der Waals surface area contributed by atoms with Crippen LogP contribution in [-0.2, 0) is 0 Å². The molecule has 3 heteroatoms. The first kappa shape index (κ1) is 9.03. The monoisotopic (exact) mass is 255 g/mol. The first-order valence-corrected chi connectivity index (χ1v) is 6.06. The normalized spacial score (nSPS) is 10.6. The van der Waals surface area contributed by atoms with Crippen LogP contribution in [0.4, 0.5) is 5.69 Å². The van der Waals surface area contributed by atoms with E-state index in [4.69, 9.17) is 0 Å². The Hall–Kier alpha value is -0.540. The van der Waals surface area contributed by atoms with Crippen molar-refractivity contribution in [2.45, 2.75) is 0 Å². The number of hydrogen-bond donors (Lipinski definition) is 0. The van der Waals surface area contributed by atoms with Gasteiger partial charge in [-0.3, -0.25) is 0 Å². The first-order valence-electron chi connectivity index (χ1n) is 4.06. The van der Waals surface area contributed by atoms with E-state index in [1.165, 1.54) is 15.8 Å². The average Bonchev–Trinajstić information content (AvgIpc) is 2.60. The largest absolute Gasteiger partial charge is 0.363 e. The SMILES string of the molecule is CN(CBr)c1csc2ccccc12. The molecule has 0 fully saturated rings. The number of hydrogen-bond acceptors (Lipinski definition) is 2. The molecule has 68 valence electrons. The van der Waals surface area contributed by atoms with Gasteiger partial charge in [0.1, 0.15) is 0 Å². The van der Waals surface area contributed by atoms with Crippen molar-refractivity contribution in [3.05, 3.63) is 29.6 Å². The zero-order valence-electron chi connectivity index (χ0n) is 7.33. The lowest BCUT2D eigenvalue weighted by atomic mass is 10.2.